The second kappa shape index (κ2) is 5.00. The molecular formula is C14H19FO2S. The number of rotatable bonds is 2. The molecule has 1 saturated carbocycles. The second-order valence-corrected chi connectivity index (χ2v) is 7.77. The molecule has 1 aliphatic carbocycles. The fraction of sp³-hybridized carbons (Fsp3) is 0.571. The van der Waals surface area contributed by atoms with Crippen LogP contribution in [0.4, 0.5) is 4.39 Å². The summed E-state index contributed by atoms with van der Waals surface area (Å²) in [6.07, 6.45) is 2.45. The molecule has 1 aliphatic rings. The van der Waals surface area contributed by atoms with Crippen molar-refractivity contribution in [1.29, 1.82) is 0 Å². The largest absolute Gasteiger partial charge is 0.223 e. The van der Waals surface area contributed by atoms with E-state index in [0.29, 0.717) is 24.7 Å². The first-order valence-electron chi connectivity index (χ1n) is 6.39. The topological polar surface area (TPSA) is 34.1 Å². The van der Waals surface area contributed by atoms with Gasteiger partial charge in [0, 0.05) is 0 Å². The number of sulfone groups is 1. The Labute approximate surface area is 108 Å². The summed E-state index contributed by atoms with van der Waals surface area (Å²) in [6.45, 7) is 4.17. The summed E-state index contributed by atoms with van der Waals surface area (Å²) >= 11 is 0. The van der Waals surface area contributed by atoms with Crippen LogP contribution in [0.5, 0.6) is 0 Å². The van der Waals surface area contributed by atoms with E-state index in [2.05, 4.69) is 13.8 Å². The molecular weight excluding hydrogens is 251 g/mol. The third-order valence-electron chi connectivity index (χ3n) is 3.70. The minimum Gasteiger partial charge on any atom is -0.223 e. The summed E-state index contributed by atoms with van der Waals surface area (Å²) in [5, 5.41) is -0.363. The molecule has 0 bridgehead atoms. The Morgan fingerprint density at radius 3 is 2.28 bits per heavy atom. The van der Waals surface area contributed by atoms with Gasteiger partial charge < -0.3 is 0 Å². The zero-order valence-corrected chi connectivity index (χ0v) is 11.6. The summed E-state index contributed by atoms with van der Waals surface area (Å²) in [6, 6.07) is 5.34. The summed E-state index contributed by atoms with van der Waals surface area (Å²) < 4.78 is 38.1. The van der Waals surface area contributed by atoms with E-state index in [9.17, 15) is 12.8 Å². The van der Waals surface area contributed by atoms with Crippen molar-refractivity contribution < 1.29 is 12.8 Å². The highest BCUT2D eigenvalue weighted by atomic mass is 32.2. The Morgan fingerprint density at radius 2 is 1.72 bits per heavy atom. The molecule has 2 rings (SSSR count). The number of halogens is 1. The van der Waals surface area contributed by atoms with Crippen LogP contribution in [0.1, 0.15) is 33.1 Å². The molecule has 1 aromatic carbocycles. The van der Waals surface area contributed by atoms with E-state index < -0.39 is 15.7 Å². The maximum atomic E-state index is 13.2. The highest BCUT2D eigenvalue weighted by Gasteiger charge is 2.34. The highest BCUT2D eigenvalue weighted by molar-refractivity contribution is 7.92. The third kappa shape index (κ3) is 2.74. The Morgan fingerprint density at radius 1 is 1.11 bits per heavy atom. The van der Waals surface area contributed by atoms with E-state index in [0.717, 1.165) is 12.5 Å². The smallest absolute Gasteiger partial charge is 0.181 e. The molecule has 4 heteroatoms. The molecule has 2 atom stereocenters. The normalized spacial score (nSPS) is 29.2. The van der Waals surface area contributed by atoms with Gasteiger partial charge in [-0.25, -0.2) is 12.8 Å². The van der Waals surface area contributed by atoms with Crippen LogP contribution in [0, 0.1) is 17.7 Å². The first kappa shape index (κ1) is 13.5. The van der Waals surface area contributed by atoms with Crippen molar-refractivity contribution in [2.24, 2.45) is 11.8 Å². The number of hydrogen-bond donors (Lipinski definition) is 0. The Kier molecular flexibility index (Phi) is 3.76. The molecule has 1 aromatic rings. The van der Waals surface area contributed by atoms with Crippen LogP contribution in [0.15, 0.2) is 29.2 Å². The van der Waals surface area contributed by atoms with E-state index >= 15 is 0 Å². The predicted octanol–water partition coefficient (Wildman–Crippen LogP) is 3.42. The standard InChI is InChI=1S/C14H19FO2S/c1-10-6-11(2)8-14(7-10)18(16,17)13-5-3-4-12(15)9-13/h3-5,9-11,14H,6-8H2,1-2H3. The van der Waals surface area contributed by atoms with Gasteiger partial charge in [0.15, 0.2) is 9.84 Å². The van der Waals surface area contributed by atoms with Crippen molar-refractivity contribution in [1.82, 2.24) is 0 Å². The minimum absolute atomic E-state index is 0.119. The van der Waals surface area contributed by atoms with Crippen molar-refractivity contribution >= 4 is 9.84 Å². The van der Waals surface area contributed by atoms with Crippen LogP contribution in [0.2, 0.25) is 0 Å². The average Bonchev–Trinajstić information content (AvgIpc) is 2.27. The number of hydrogen-bond acceptors (Lipinski definition) is 2. The molecule has 0 N–H and O–H groups in total. The Hall–Kier alpha value is -0.900. The third-order valence-corrected chi connectivity index (χ3v) is 5.87. The van der Waals surface area contributed by atoms with Gasteiger partial charge in [-0.3, -0.25) is 0 Å². The summed E-state index contributed by atoms with van der Waals surface area (Å²) in [5.74, 6) is 0.345. The molecule has 0 heterocycles. The van der Waals surface area contributed by atoms with Gasteiger partial charge in [0.25, 0.3) is 0 Å². The summed E-state index contributed by atoms with van der Waals surface area (Å²) in [7, 11) is -3.39. The minimum atomic E-state index is -3.39. The van der Waals surface area contributed by atoms with Crippen molar-refractivity contribution in [2.75, 3.05) is 0 Å². The molecule has 0 amide bonds. The van der Waals surface area contributed by atoms with Crippen LogP contribution in [0.3, 0.4) is 0 Å². The van der Waals surface area contributed by atoms with Gasteiger partial charge in [-0.1, -0.05) is 19.9 Å². The fourth-order valence-corrected chi connectivity index (χ4v) is 5.06. The molecule has 0 spiro atoms. The van der Waals surface area contributed by atoms with E-state index in [4.69, 9.17) is 0 Å². The van der Waals surface area contributed by atoms with Gasteiger partial charge in [-0.2, -0.15) is 0 Å². The van der Waals surface area contributed by atoms with Crippen LogP contribution >= 0.6 is 0 Å². The molecule has 18 heavy (non-hydrogen) atoms. The fourth-order valence-electron chi connectivity index (χ4n) is 2.96. The van der Waals surface area contributed by atoms with Crippen LogP contribution in [0.25, 0.3) is 0 Å². The lowest BCUT2D eigenvalue weighted by molar-refractivity contribution is 0.301. The monoisotopic (exact) mass is 270 g/mol. The predicted molar refractivity (Wildman–Crippen MR) is 69.6 cm³/mol. The van der Waals surface area contributed by atoms with E-state index in [1.165, 1.54) is 18.2 Å². The van der Waals surface area contributed by atoms with Crippen molar-refractivity contribution in [3.63, 3.8) is 0 Å². The average molecular weight is 270 g/mol. The molecule has 100 valence electrons. The molecule has 1 fully saturated rings. The van der Waals surface area contributed by atoms with Gasteiger partial charge >= 0.3 is 0 Å². The maximum Gasteiger partial charge on any atom is 0.181 e. The zero-order valence-electron chi connectivity index (χ0n) is 10.8. The first-order chi connectivity index (χ1) is 8.39. The quantitative estimate of drug-likeness (QED) is 0.825. The van der Waals surface area contributed by atoms with Gasteiger partial charge in [0.05, 0.1) is 10.1 Å². The van der Waals surface area contributed by atoms with Crippen LogP contribution in [-0.4, -0.2) is 13.7 Å². The number of benzene rings is 1. The van der Waals surface area contributed by atoms with E-state index in [-0.39, 0.29) is 10.1 Å². The molecule has 0 radical (unpaired) electrons. The maximum absolute atomic E-state index is 13.2. The molecule has 2 nitrogen and oxygen atoms in total. The second-order valence-electron chi connectivity index (χ2n) is 5.54. The Balaban J connectivity index is 2.31. The SMILES string of the molecule is CC1CC(C)CC(S(=O)(=O)c2cccc(F)c2)C1. The summed E-state index contributed by atoms with van der Waals surface area (Å²) in [5.41, 5.74) is 0. The molecule has 0 aliphatic heterocycles. The first-order valence-corrected chi connectivity index (χ1v) is 7.93. The van der Waals surface area contributed by atoms with E-state index in [1.54, 1.807) is 0 Å². The van der Waals surface area contributed by atoms with Crippen molar-refractivity contribution in [3.05, 3.63) is 30.1 Å². The lowest BCUT2D eigenvalue weighted by atomic mass is 9.83. The zero-order chi connectivity index (χ0) is 13.3. The van der Waals surface area contributed by atoms with Gasteiger partial charge in [0.2, 0.25) is 0 Å². The molecule has 0 saturated heterocycles. The Bertz CT molecular complexity index is 514. The van der Waals surface area contributed by atoms with Crippen LogP contribution in [-0.2, 0) is 9.84 Å². The summed E-state index contributed by atoms with van der Waals surface area (Å²) in [4.78, 5) is 0.119. The lowest BCUT2D eigenvalue weighted by Gasteiger charge is -2.31. The lowest BCUT2D eigenvalue weighted by Crippen LogP contribution is -2.31. The van der Waals surface area contributed by atoms with Gasteiger partial charge in [0.1, 0.15) is 5.82 Å². The highest BCUT2D eigenvalue weighted by Crippen LogP contribution is 2.35. The molecule has 0 aromatic heterocycles. The molecule has 2 unspecified atom stereocenters. The van der Waals surface area contributed by atoms with Crippen molar-refractivity contribution in [3.8, 4) is 0 Å². The van der Waals surface area contributed by atoms with E-state index in [1.807, 2.05) is 0 Å². The van der Waals surface area contributed by atoms with Gasteiger partial charge in [-0.15, -0.1) is 0 Å². The van der Waals surface area contributed by atoms with Crippen molar-refractivity contribution in [2.45, 2.75) is 43.3 Å². The van der Waals surface area contributed by atoms with Crippen LogP contribution < -0.4 is 0 Å². The van der Waals surface area contributed by atoms with Gasteiger partial charge in [-0.05, 0) is 49.3 Å².